The van der Waals surface area contributed by atoms with Crippen molar-refractivity contribution in [3.05, 3.63) is 53.6 Å². The molecule has 0 bridgehead atoms. The van der Waals surface area contributed by atoms with E-state index in [1.807, 2.05) is 13.0 Å². The Labute approximate surface area is 99.1 Å². The molecule has 0 atom stereocenters. The van der Waals surface area contributed by atoms with Crippen LogP contribution < -0.4 is 10.5 Å². The monoisotopic (exact) mass is 232 g/mol. The standard InChI is InChI=1S/C13H13FN2O/c1-9-5-10(7-16-6-9)8-17-13-11(14)3-2-4-12(13)15/h2-7H,8,15H2,1H3. The van der Waals surface area contributed by atoms with Gasteiger partial charge in [-0.3, -0.25) is 4.98 Å². The van der Waals surface area contributed by atoms with Gasteiger partial charge in [0.1, 0.15) is 6.61 Å². The quantitative estimate of drug-likeness (QED) is 0.828. The van der Waals surface area contributed by atoms with Crippen LogP contribution in [0.25, 0.3) is 0 Å². The maximum Gasteiger partial charge on any atom is 0.178 e. The zero-order valence-electron chi connectivity index (χ0n) is 9.48. The summed E-state index contributed by atoms with van der Waals surface area (Å²) in [4.78, 5) is 4.04. The smallest absolute Gasteiger partial charge is 0.178 e. The van der Waals surface area contributed by atoms with Gasteiger partial charge in [-0.1, -0.05) is 6.07 Å². The number of para-hydroxylation sites is 1. The largest absolute Gasteiger partial charge is 0.484 e. The lowest BCUT2D eigenvalue weighted by atomic mass is 10.2. The summed E-state index contributed by atoms with van der Waals surface area (Å²) in [6.07, 6.45) is 3.44. The first kappa shape index (κ1) is 11.4. The molecule has 1 heterocycles. The Bertz CT molecular complexity index is 508. The van der Waals surface area contributed by atoms with Crippen molar-refractivity contribution in [2.24, 2.45) is 0 Å². The minimum absolute atomic E-state index is 0.0917. The first-order valence-corrected chi connectivity index (χ1v) is 5.24. The zero-order chi connectivity index (χ0) is 12.3. The fourth-order valence-electron chi connectivity index (χ4n) is 1.53. The molecule has 1 aromatic carbocycles. The number of benzene rings is 1. The van der Waals surface area contributed by atoms with Gasteiger partial charge in [-0.2, -0.15) is 0 Å². The van der Waals surface area contributed by atoms with E-state index < -0.39 is 5.82 Å². The number of halogens is 1. The van der Waals surface area contributed by atoms with E-state index in [9.17, 15) is 4.39 Å². The maximum atomic E-state index is 13.4. The summed E-state index contributed by atoms with van der Waals surface area (Å²) < 4.78 is 18.8. The SMILES string of the molecule is Cc1cncc(COc2c(N)cccc2F)c1. The fraction of sp³-hybridized carbons (Fsp3) is 0.154. The van der Waals surface area contributed by atoms with Gasteiger partial charge in [0.25, 0.3) is 0 Å². The molecule has 4 heteroatoms. The number of aryl methyl sites for hydroxylation is 1. The number of rotatable bonds is 3. The highest BCUT2D eigenvalue weighted by atomic mass is 19.1. The molecule has 0 amide bonds. The molecule has 0 saturated carbocycles. The molecule has 0 aliphatic carbocycles. The molecule has 2 aromatic rings. The van der Waals surface area contributed by atoms with Crippen LogP contribution in [0.3, 0.4) is 0 Å². The third-order valence-electron chi connectivity index (χ3n) is 2.31. The second kappa shape index (κ2) is 4.82. The van der Waals surface area contributed by atoms with Crippen LogP contribution in [0, 0.1) is 12.7 Å². The van der Waals surface area contributed by atoms with Crippen molar-refractivity contribution in [1.29, 1.82) is 0 Å². The van der Waals surface area contributed by atoms with Gasteiger partial charge in [0.15, 0.2) is 11.6 Å². The van der Waals surface area contributed by atoms with Gasteiger partial charge >= 0.3 is 0 Å². The number of hydrogen-bond acceptors (Lipinski definition) is 3. The van der Waals surface area contributed by atoms with Crippen LogP contribution in [-0.2, 0) is 6.61 Å². The van der Waals surface area contributed by atoms with E-state index in [0.717, 1.165) is 11.1 Å². The fourth-order valence-corrected chi connectivity index (χ4v) is 1.53. The van der Waals surface area contributed by atoms with Gasteiger partial charge in [-0.15, -0.1) is 0 Å². The normalized spacial score (nSPS) is 10.2. The van der Waals surface area contributed by atoms with Crippen molar-refractivity contribution in [3.63, 3.8) is 0 Å². The number of aromatic nitrogens is 1. The first-order valence-electron chi connectivity index (χ1n) is 5.24. The lowest BCUT2D eigenvalue weighted by molar-refractivity contribution is 0.291. The van der Waals surface area contributed by atoms with Crippen LogP contribution in [-0.4, -0.2) is 4.98 Å². The molecule has 17 heavy (non-hydrogen) atoms. The molecule has 0 fully saturated rings. The lowest BCUT2D eigenvalue weighted by Crippen LogP contribution is -2.01. The summed E-state index contributed by atoms with van der Waals surface area (Å²) in [6.45, 7) is 2.19. The van der Waals surface area contributed by atoms with Gasteiger partial charge in [0.05, 0.1) is 5.69 Å². The lowest BCUT2D eigenvalue weighted by Gasteiger charge is -2.09. The summed E-state index contributed by atoms with van der Waals surface area (Å²) in [5.74, 6) is -0.361. The van der Waals surface area contributed by atoms with E-state index in [1.54, 1.807) is 24.5 Å². The molecule has 0 spiro atoms. The van der Waals surface area contributed by atoms with Crippen molar-refractivity contribution in [3.8, 4) is 5.75 Å². The molecule has 1 aromatic heterocycles. The van der Waals surface area contributed by atoms with Crippen LogP contribution in [0.1, 0.15) is 11.1 Å². The van der Waals surface area contributed by atoms with Gasteiger partial charge in [0, 0.05) is 18.0 Å². The second-order valence-corrected chi connectivity index (χ2v) is 3.82. The van der Waals surface area contributed by atoms with E-state index in [0.29, 0.717) is 5.69 Å². The molecule has 3 nitrogen and oxygen atoms in total. The van der Waals surface area contributed by atoms with E-state index in [4.69, 9.17) is 10.5 Å². The molecule has 0 aliphatic heterocycles. The first-order chi connectivity index (χ1) is 8.16. The molecular formula is C13H13FN2O. The summed E-state index contributed by atoms with van der Waals surface area (Å²) in [5.41, 5.74) is 7.85. The number of anilines is 1. The Morgan fingerprint density at radius 1 is 1.35 bits per heavy atom. The highest BCUT2D eigenvalue weighted by molar-refractivity contribution is 5.52. The average molecular weight is 232 g/mol. The van der Waals surface area contributed by atoms with Gasteiger partial charge in [-0.25, -0.2) is 4.39 Å². The number of ether oxygens (including phenoxy) is 1. The highest BCUT2D eigenvalue weighted by Gasteiger charge is 2.07. The predicted molar refractivity (Wildman–Crippen MR) is 64.1 cm³/mol. The molecule has 0 unspecified atom stereocenters. The number of nitrogens with zero attached hydrogens (tertiary/aromatic N) is 1. The number of hydrogen-bond donors (Lipinski definition) is 1. The average Bonchev–Trinajstić information content (AvgIpc) is 2.28. The molecule has 0 aliphatic rings. The van der Waals surface area contributed by atoms with Crippen molar-refractivity contribution in [1.82, 2.24) is 4.98 Å². The van der Waals surface area contributed by atoms with Crippen molar-refractivity contribution in [2.45, 2.75) is 13.5 Å². The molecule has 0 radical (unpaired) electrons. The third kappa shape index (κ3) is 2.72. The summed E-state index contributed by atoms with van der Waals surface area (Å²) in [6, 6.07) is 6.41. The Morgan fingerprint density at radius 2 is 2.18 bits per heavy atom. The number of nitrogens with two attached hydrogens (primary N) is 1. The Kier molecular flexibility index (Phi) is 3.23. The van der Waals surface area contributed by atoms with Crippen molar-refractivity contribution >= 4 is 5.69 Å². The second-order valence-electron chi connectivity index (χ2n) is 3.82. The van der Waals surface area contributed by atoms with Crippen LogP contribution in [0.15, 0.2) is 36.7 Å². The number of pyridine rings is 1. The molecule has 2 N–H and O–H groups in total. The Morgan fingerprint density at radius 3 is 2.88 bits per heavy atom. The molecular weight excluding hydrogens is 219 g/mol. The number of nitrogen functional groups attached to an aromatic ring is 1. The van der Waals surface area contributed by atoms with Crippen LogP contribution in [0.2, 0.25) is 0 Å². The highest BCUT2D eigenvalue weighted by Crippen LogP contribution is 2.25. The van der Waals surface area contributed by atoms with Crippen LogP contribution in [0.5, 0.6) is 5.75 Å². The minimum atomic E-state index is -0.453. The zero-order valence-corrected chi connectivity index (χ0v) is 9.48. The van der Waals surface area contributed by atoms with Crippen molar-refractivity contribution < 1.29 is 9.13 Å². The van der Waals surface area contributed by atoms with E-state index >= 15 is 0 Å². The third-order valence-corrected chi connectivity index (χ3v) is 2.31. The minimum Gasteiger partial charge on any atom is -0.484 e. The van der Waals surface area contributed by atoms with Crippen LogP contribution in [0.4, 0.5) is 10.1 Å². The predicted octanol–water partition coefficient (Wildman–Crippen LogP) is 2.69. The Balaban J connectivity index is 2.13. The topological polar surface area (TPSA) is 48.1 Å². The Hall–Kier alpha value is -2.10. The van der Waals surface area contributed by atoms with E-state index in [1.165, 1.54) is 6.07 Å². The van der Waals surface area contributed by atoms with Crippen molar-refractivity contribution in [2.75, 3.05) is 5.73 Å². The van der Waals surface area contributed by atoms with Gasteiger partial charge < -0.3 is 10.5 Å². The van der Waals surface area contributed by atoms with Gasteiger partial charge in [-0.05, 0) is 30.7 Å². The summed E-state index contributed by atoms with van der Waals surface area (Å²) >= 11 is 0. The molecule has 2 rings (SSSR count). The molecule has 0 saturated heterocycles. The summed E-state index contributed by atoms with van der Waals surface area (Å²) in [5, 5.41) is 0. The van der Waals surface area contributed by atoms with E-state index in [-0.39, 0.29) is 12.4 Å². The maximum absolute atomic E-state index is 13.4. The van der Waals surface area contributed by atoms with E-state index in [2.05, 4.69) is 4.98 Å². The molecule has 88 valence electrons. The van der Waals surface area contributed by atoms with Crippen LogP contribution >= 0.6 is 0 Å². The summed E-state index contributed by atoms with van der Waals surface area (Å²) in [7, 11) is 0. The van der Waals surface area contributed by atoms with Gasteiger partial charge in [0.2, 0.25) is 0 Å².